The molecule has 2 fully saturated rings. The maximum absolute atomic E-state index is 10.9. The Morgan fingerprint density at radius 1 is 0.556 bits per heavy atom. The number of alkyl halides is 1. The third-order valence-corrected chi connectivity index (χ3v) is 15.9. The standard InChI is InChI=1S/C30H43N3O2.C24H33N3.C6H11BrO2.CH4/c1-23(34)35-21-7-6-16-32-17-9-18-33(20-19-32)28-11-8-10-27(31-28)24-12-13-25-26(22-24)30(4,5)15-14-29(25,2)3;1-23(2)11-12-24(3,4)20-17-18(9-10-19(20)23)21-7-5-8-22(26-21)27-15-6-13-25-14-16-27;1-6(8)9-5-3-2-4-7;/h8,10-13,22H,6-7,9,14-21H2,1-5H3;5,7-10,17,25H,6,11-16H2,1-4H3;2-5H2,1H3;1H4. The number of anilines is 2. The normalized spacial score (nSPS) is 18.7. The second-order valence-electron chi connectivity index (χ2n) is 22.9. The fourth-order valence-corrected chi connectivity index (χ4v) is 11.0. The molecule has 10 nitrogen and oxygen atoms in total. The van der Waals surface area contributed by atoms with Crippen LogP contribution in [0.2, 0.25) is 0 Å². The molecule has 11 heteroatoms. The summed E-state index contributed by atoms with van der Waals surface area (Å²) < 4.78 is 9.74. The van der Waals surface area contributed by atoms with Crippen molar-refractivity contribution >= 4 is 39.5 Å². The van der Waals surface area contributed by atoms with Crippen molar-refractivity contribution in [3.05, 3.63) is 95.1 Å². The number of esters is 2. The fourth-order valence-electron chi connectivity index (χ4n) is 10.6. The highest BCUT2D eigenvalue weighted by Crippen LogP contribution is 2.48. The van der Waals surface area contributed by atoms with Gasteiger partial charge in [-0.3, -0.25) is 9.59 Å². The summed E-state index contributed by atoms with van der Waals surface area (Å²) >= 11 is 3.28. The van der Waals surface area contributed by atoms with Gasteiger partial charge in [0.05, 0.1) is 24.6 Å². The zero-order valence-corrected chi connectivity index (χ0v) is 46.8. The van der Waals surface area contributed by atoms with Crippen LogP contribution in [-0.4, -0.2) is 104 Å². The summed E-state index contributed by atoms with van der Waals surface area (Å²) in [6.07, 6.45) is 11.3. The highest BCUT2D eigenvalue weighted by Gasteiger charge is 2.38. The Morgan fingerprint density at radius 2 is 1.03 bits per heavy atom. The van der Waals surface area contributed by atoms with Crippen molar-refractivity contribution in [3.63, 3.8) is 0 Å². The van der Waals surface area contributed by atoms with E-state index in [1.807, 2.05) is 0 Å². The lowest BCUT2D eigenvalue weighted by Gasteiger charge is -2.42. The molecule has 396 valence electrons. The van der Waals surface area contributed by atoms with Gasteiger partial charge in [0.25, 0.3) is 0 Å². The number of fused-ring (bicyclic) bond motifs is 2. The van der Waals surface area contributed by atoms with Crippen LogP contribution in [0.1, 0.15) is 163 Å². The van der Waals surface area contributed by atoms with E-state index in [-0.39, 0.29) is 41.0 Å². The molecular weight excluding hydrogens is 961 g/mol. The zero-order chi connectivity index (χ0) is 51.2. The molecule has 2 aliphatic heterocycles. The van der Waals surface area contributed by atoms with Gasteiger partial charge in [0.2, 0.25) is 0 Å². The molecule has 2 aromatic heterocycles. The monoisotopic (exact) mass is 1050 g/mol. The number of carbonyl (C=O) groups is 2. The maximum Gasteiger partial charge on any atom is 0.302 e. The molecule has 0 radical (unpaired) electrons. The molecule has 0 spiro atoms. The molecule has 4 aliphatic rings. The molecule has 0 amide bonds. The second kappa shape index (κ2) is 26.8. The summed E-state index contributed by atoms with van der Waals surface area (Å²) in [5, 5.41) is 4.46. The molecule has 0 atom stereocenters. The number of benzene rings is 2. The average Bonchev–Trinajstić information content (AvgIpc) is 3.78. The smallest absolute Gasteiger partial charge is 0.302 e. The minimum Gasteiger partial charge on any atom is -0.466 e. The predicted molar refractivity (Wildman–Crippen MR) is 305 cm³/mol. The van der Waals surface area contributed by atoms with Crippen LogP contribution in [-0.2, 0) is 40.7 Å². The number of pyridine rings is 2. The van der Waals surface area contributed by atoms with Crippen molar-refractivity contribution in [2.75, 3.05) is 87.2 Å². The molecule has 2 aliphatic carbocycles. The molecule has 0 unspecified atom stereocenters. The number of aromatic nitrogens is 2. The van der Waals surface area contributed by atoms with E-state index in [0.29, 0.717) is 13.2 Å². The van der Waals surface area contributed by atoms with E-state index in [1.54, 1.807) is 0 Å². The summed E-state index contributed by atoms with van der Waals surface area (Å²) in [4.78, 5) is 38.6. The van der Waals surface area contributed by atoms with Gasteiger partial charge in [0, 0.05) is 69.6 Å². The van der Waals surface area contributed by atoms with Gasteiger partial charge >= 0.3 is 11.9 Å². The summed E-state index contributed by atoms with van der Waals surface area (Å²) in [5.41, 5.74) is 11.5. The summed E-state index contributed by atoms with van der Waals surface area (Å²) in [5.74, 6) is 1.81. The van der Waals surface area contributed by atoms with E-state index in [0.717, 1.165) is 119 Å². The Morgan fingerprint density at radius 3 is 1.53 bits per heavy atom. The number of nitrogens with one attached hydrogen (secondary N) is 1. The predicted octanol–water partition coefficient (Wildman–Crippen LogP) is 13.2. The van der Waals surface area contributed by atoms with Crippen LogP contribution in [0.25, 0.3) is 22.5 Å². The van der Waals surface area contributed by atoms with Gasteiger partial charge in [-0.25, -0.2) is 9.97 Å². The number of nitrogens with zero attached hydrogens (tertiary/aromatic N) is 5. The van der Waals surface area contributed by atoms with Crippen molar-refractivity contribution in [1.82, 2.24) is 20.2 Å². The van der Waals surface area contributed by atoms with Crippen LogP contribution in [0, 0.1) is 0 Å². The van der Waals surface area contributed by atoms with E-state index in [2.05, 4.69) is 169 Å². The Bertz CT molecular complexity index is 2350. The third kappa shape index (κ3) is 16.3. The minimum atomic E-state index is -0.190. The van der Waals surface area contributed by atoms with Crippen molar-refractivity contribution in [2.45, 2.75) is 163 Å². The fraction of sp³-hybridized carbons (Fsp3) is 0.607. The second-order valence-corrected chi connectivity index (χ2v) is 23.7. The van der Waals surface area contributed by atoms with Crippen LogP contribution in [0.15, 0.2) is 72.8 Å². The molecule has 72 heavy (non-hydrogen) atoms. The maximum atomic E-state index is 10.9. The molecular formula is C61H91BrN6O4. The molecule has 0 saturated carbocycles. The average molecular weight is 1050 g/mol. The van der Waals surface area contributed by atoms with E-state index < -0.39 is 0 Å². The van der Waals surface area contributed by atoms with E-state index in [9.17, 15) is 9.59 Å². The first-order valence-electron chi connectivity index (χ1n) is 26.8. The van der Waals surface area contributed by atoms with Crippen molar-refractivity contribution in [1.29, 1.82) is 0 Å². The van der Waals surface area contributed by atoms with Gasteiger partial charge in [-0.15, -0.1) is 0 Å². The van der Waals surface area contributed by atoms with Gasteiger partial charge in [-0.05, 0) is 164 Å². The summed E-state index contributed by atoms with van der Waals surface area (Å²) in [6, 6.07) is 27.0. The van der Waals surface area contributed by atoms with E-state index in [4.69, 9.17) is 14.7 Å². The molecule has 0 bridgehead atoms. The Labute approximate surface area is 444 Å². The molecule has 8 rings (SSSR count). The SMILES string of the molecule is C.CC(=O)OCCCCBr.CC(=O)OCCCCN1CCCN(c2cccc(-c3ccc4c(c3)C(C)(C)CCC4(C)C)n2)CC1.CC1(C)CCC(C)(C)c2cc(-c3cccc(N4CCCNCC4)n3)ccc21. The molecule has 2 aromatic carbocycles. The van der Waals surface area contributed by atoms with E-state index >= 15 is 0 Å². The lowest BCUT2D eigenvalue weighted by Crippen LogP contribution is -2.33. The van der Waals surface area contributed by atoms with Crippen LogP contribution in [0.5, 0.6) is 0 Å². The van der Waals surface area contributed by atoms with Crippen LogP contribution in [0.4, 0.5) is 11.6 Å². The van der Waals surface area contributed by atoms with E-state index in [1.165, 1.54) is 79.3 Å². The first-order chi connectivity index (χ1) is 33.8. The zero-order valence-electron chi connectivity index (χ0n) is 45.2. The first kappa shape index (κ1) is 58.6. The number of unbranched alkanes of at least 4 members (excludes halogenated alkanes) is 2. The summed E-state index contributed by atoms with van der Waals surface area (Å²) in [7, 11) is 0. The first-order valence-corrected chi connectivity index (χ1v) is 27.9. The number of rotatable bonds is 13. The topological polar surface area (TPSA) is 100 Å². The van der Waals surface area contributed by atoms with Gasteiger partial charge in [0.1, 0.15) is 11.6 Å². The van der Waals surface area contributed by atoms with Crippen LogP contribution >= 0.6 is 15.9 Å². The minimum absolute atomic E-state index is 0. The number of hydrogen-bond donors (Lipinski definition) is 1. The lowest BCUT2D eigenvalue weighted by molar-refractivity contribution is -0.142. The van der Waals surface area contributed by atoms with Gasteiger partial charge in [-0.1, -0.05) is 115 Å². The number of halogens is 1. The Kier molecular flexibility index (Phi) is 21.8. The quantitative estimate of drug-likeness (QED) is 0.0791. The van der Waals surface area contributed by atoms with Crippen molar-refractivity contribution in [3.8, 4) is 22.5 Å². The largest absolute Gasteiger partial charge is 0.466 e. The van der Waals surface area contributed by atoms with Crippen molar-refractivity contribution in [2.24, 2.45) is 0 Å². The highest BCUT2D eigenvalue weighted by atomic mass is 79.9. The van der Waals surface area contributed by atoms with Gasteiger partial charge < -0.3 is 29.5 Å². The molecule has 4 heterocycles. The molecule has 1 N–H and O–H groups in total. The van der Waals surface area contributed by atoms with Crippen LogP contribution in [0.3, 0.4) is 0 Å². The lowest BCUT2D eigenvalue weighted by atomic mass is 9.63. The third-order valence-electron chi connectivity index (χ3n) is 15.3. The van der Waals surface area contributed by atoms with Gasteiger partial charge in [-0.2, -0.15) is 0 Å². The highest BCUT2D eigenvalue weighted by molar-refractivity contribution is 9.09. The molecule has 2 saturated heterocycles. The number of hydrogen-bond acceptors (Lipinski definition) is 10. The van der Waals surface area contributed by atoms with Crippen LogP contribution < -0.4 is 15.1 Å². The Balaban J connectivity index is 0.000000231. The van der Waals surface area contributed by atoms with Gasteiger partial charge in [0.15, 0.2) is 0 Å². The summed E-state index contributed by atoms with van der Waals surface area (Å²) in [6.45, 7) is 32.5. The van der Waals surface area contributed by atoms with Crippen molar-refractivity contribution < 1.29 is 19.1 Å². The number of carbonyl (C=O) groups excluding carboxylic acids is 2. The molecule has 4 aromatic rings. The Hall–Kier alpha value is -4.32. The number of ether oxygens (including phenoxy) is 2.